The second-order valence-corrected chi connectivity index (χ2v) is 15.8. The van der Waals surface area contributed by atoms with Crippen LogP contribution in [0.15, 0.2) is 165 Å². The number of nitrogens with zero attached hydrogens (tertiary/aromatic N) is 4. The van der Waals surface area contributed by atoms with Crippen LogP contribution in [0.25, 0.3) is 0 Å². The molecule has 2 unspecified atom stereocenters. The number of benzene rings is 6. The number of para-hydroxylation sites is 2. The van der Waals surface area contributed by atoms with E-state index in [1.165, 1.54) is 11.1 Å². The van der Waals surface area contributed by atoms with Crippen molar-refractivity contribution in [2.45, 2.75) is 46.0 Å². The average molecular weight is 747 g/mol. The van der Waals surface area contributed by atoms with E-state index in [2.05, 4.69) is 60.7 Å². The van der Waals surface area contributed by atoms with Gasteiger partial charge in [-0.2, -0.15) is 0 Å². The summed E-state index contributed by atoms with van der Waals surface area (Å²) in [6.07, 6.45) is 3.19. The number of non-ortho nitro benzene ring substituents is 2. The van der Waals surface area contributed by atoms with Crippen molar-refractivity contribution in [3.05, 3.63) is 199 Å². The molecule has 0 aliphatic carbocycles. The van der Waals surface area contributed by atoms with Gasteiger partial charge in [-0.25, -0.2) is 0 Å². The first kappa shape index (κ1) is 35.2. The molecule has 6 aromatic rings. The van der Waals surface area contributed by atoms with Gasteiger partial charge in [-0.15, -0.1) is 23.5 Å². The highest BCUT2D eigenvalue weighted by Crippen LogP contribution is 2.47. The number of aliphatic imine (C=N–C) groups is 2. The third-order valence-corrected chi connectivity index (χ3v) is 12.4. The third kappa shape index (κ3) is 7.90. The van der Waals surface area contributed by atoms with Crippen molar-refractivity contribution in [2.75, 3.05) is 0 Å². The second kappa shape index (κ2) is 15.6. The lowest BCUT2D eigenvalue weighted by Crippen LogP contribution is -2.06. The predicted molar refractivity (Wildman–Crippen MR) is 218 cm³/mol. The number of nitro groups is 2. The maximum Gasteiger partial charge on any atom is 0.269 e. The van der Waals surface area contributed by atoms with Crippen molar-refractivity contribution in [1.82, 2.24) is 0 Å². The number of hydrogen-bond donors (Lipinski definition) is 0. The van der Waals surface area contributed by atoms with Crippen LogP contribution < -0.4 is 0 Å². The smallest absolute Gasteiger partial charge is 0.258 e. The van der Waals surface area contributed by atoms with E-state index in [1.54, 1.807) is 47.8 Å². The van der Waals surface area contributed by atoms with E-state index in [9.17, 15) is 20.2 Å². The molecule has 54 heavy (non-hydrogen) atoms. The molecule has 0 amide bonds. The molecule has 0 spiro atoms. The molecule has 0 saturated heterocycles. The lowest BCUT2D eigenvalue weighted by molar-refractivity contribution is -0.385. The molecule has 8 rings (SSSR count). The molecule has 8 nitrogen and oxygen atoms in total. The van der Waals surface area contributed by atoms with Crippen molar-refractivity contribution in [1.29, 1.82) is 0 Å². The van der Waals surface area contributed by atoms with Crippen LogP contribution >= 0.6 is 23.5 Å². The summed E-state index contributed by atoms with van der Waals surface area (Å²) in [6.45, 7) is 0. The van der Waals surface area contributed by atoms with Gasteiger partial charge in [0, 0.05) is 68.8 Å². The number of nitro benzene ring substituents is 2. The Hall–Kier alpha value is -5.84. The maximum absolute atomic E-state index is 11.3. The minimum absolute atomic E-state index is 0.0708. The van der Waals surface area contributed by atoms with Crippen molar-refractivity contribution in [3.8, 4) is 0 Å². The molecule has 10 heteroatoms. The van der Waals surface area contributed by atoms with Crippen LogP contribution in [0.3, 0.4) is 0 Å². The van der Waals surface area contributed by atoms with Crippen LogP contribution in [0.1, 0.15) is 56.7 Å². The summed E-state index contributed by atoms with van der Waals surface area (Å²) in [5.41, 5.74) is 10.8. The number of fused-ring (bicyclic) bond motifs is 2. The lowest BCUT2D eigenvalue weighted by atomic mass is 9.97. The zero-order valence-corrected chi connectivity index (χ0v) is 30.7. The van der Waals surface area contributed by atoms with Gasteiger partial charge in [0.2, 0.25) is 0 Å². The first-order valence-corrected chi connectivity index (χ1v) is 19.5. The van der Waals surface area contributed by atoms with Gasteiger partial charge in [0.15, 0.2) is 0 Å². The number of aryl methyl sites for hydroxylation is 2. The Bertz CT molecular complexity index is 2220. The highest BCUT2D eigenvalue weighted by Gasteiger charge is 2.25. The molecule has 0 saturated carbocycles. The first-order chi connectivity index (χ1) is 26.4. The normalized spacial score (nSPS) is 16.5. The predicted octanol–water partition coefficient (Wildman–Crippen LogP) is 12.0. The van der Waals surface area contributed by atoms with Gasteiger partial charge in [-0.1, -0.05) is 97.1 Å². The summed E-state index contributed by atoms with van der Waals surface area (Å²) in [7, 11) is 0. The van der Waals surface area contributed by atoms with Crippen molar-refractivity contribution in [3.63, 3.8) is 0 Å². The molecule has 266 valence electrons. The summed E-state index contributed by atoms with van der Waals surface area (Å²) in [4.78, 5) is 34.2. The number of rotatable bonds is 9. The average Bonchev–Trinajstić information content (AvgIpc) is 3.53. The molecule has 2 aliphatic heterocycles. The zero-order valence-electron chi connectivity index (χ0n) is 29.1. The van der Waals surface area contributed by atoms with E-state index in [0.717, 1.165) is 67.7 Å². The van der Waals surface area contributed by atoms with E-state index < -0.39 is 0 Å². The Labute approximate surface area is 321 Å². The highest BCUT2D eigenvalue weighted by atomic mass is 32.2. The topological polar surface area (TPSA) is 111 Å². The summed E-state index contributed by atoms with van der Waals surface area (Å²) < 4.78 is 0. The lowest BCUT2D eigenvalue weighted by Gasteiger charge is -2.16. The van der Waals surface area contributed by atoms with Gasteiger partial charge >= 0.3 is 0 Å². The summed E-state index contributed by atoms with van der Waals surface area (Å²) in [5, 5.41) is 22.6. The highest BCUT2D eigenvalue weighted by molar-refractivity contribution is 8.00. The molecule has 0 fully saturated rings. The SMILES string of the molecule is O=[N+]([O-])c1ccc(C2CC(c3ccc(CCc4ccc(C5=Nc6ccccc6SC(c6ccc([N+](=O)[O-])cc6)C5)cc4)cc3)=Nc3ccccc3S2)cc1. The van der Waals surface area contributed by atoms with Crippen LogP contribution in [0.5, 0.6) is 0 Å². The molecule has 0 aromatic heterocycles. The maximum atomic E-state index is 11.3. The van der Waals surface area contributed by atoms with Crippen LogP contribution in [-0.4, -0.2) is 21.3 Å². The van der Waals surface area contributed by atoms with E-state index in [1.807, 2.05) is 60.7 Å². The molecular formula is C44H34N4O4S2. The largest absolute Gasteiger partial charge is 0.269 e. The van der Waals surface area contributed by atoms with Crippen LogP contribution in [0.2, 0.25) is 0 Å². The summed E-state index contributed by atoms with van der Waals surface area (Å²) in [5.74, 6) is 0. The summed E-state index contributed by atoms with van der Waals surface area (Å²) >= 11 is 3.49. The molecule has 2 atom stereocenters. The van der Waals surface area contributed by atoms with Crippen LogP contribution in [0, 0.1) is 20.2 Å². The van der Waals surface area contributed by atoms with Gasteiger partial charge in [-0.3, -0.25) is 30.2 Å². The van der Waals surface area contributed by atoms with Gasteiger partial charge < -0.3 is 0 Å². The third-order valence-electron chi connectivity index (χ3n) is 9.77. The second-order valence-electron chi connectivity index (χ2n) is 13.3. The molecule has 0 radical (unpaired) electrons. The quantitative estimate of drug-likeness (QED) is 0.108. The fraction of sp³-hybridized carbons (Fsp3) is 0.136. The first-order valence-electron chi connectivity index (χ1n) is 17.7. The van der Waals surface area contributed by atoms with Crippen LogP contribution in [-0.2, 0) is 12.8 Å². The Morgan fingerprint density at radius 1 is 0.500 bits per heavy atom. The van der Waals surface area contributed by atoms with Gasteiger partial charge in [0.25, 0.3) is 11.4 Å². The van der Waals surface area contributed by atoms with E-state index in [4.69, 9.17) is 9.98 Å². The monoisotopic (exact) mass is 746 g/mol. The Morgan fingerprint density at radius 3 is 1.24 bits per heavy atom. The molecule has 2 heterocycles. The minimum Gasteiger partial charge on any atom is -0.258 e. The zero-order chi connectivity index (χ0) is 37.0. The number of hydrogen-bond acceptors (Lipinski definition) is 8. The standard InChI is InChI=1S/C44H34N4O4S2/c49-47(50)35-23-19-33(20-24-35)43-27-39(45-37-5-1-3-7-41(37)53-43)31-15-11-29(12-16-31)9-10-30-13-17-32(18-14-30)40-28-44(34-21-25-36(26-22-34)48(51)52)54-42-8-4-2-6-38(42)46-40/h1-8,11-26,43-44H,9-10,27-28H2. The Balaban J connectivity index is 0.961. The van der Waals surface area contributed by atoms with E-state index in [-0.39, 0.29) is 31.7 Å². The van der Waals surface area contributed by atoms with Crippen LogP contribution in [0.4, 0.5) is 22.7 Å². The Kier molecular flexibility index (Phi) is 10.2. The van der Waals surface area contributed by atoms with Gasteiger partial charge in [0.05, 0.1) is 21.2 Å². The molecular weight excluding hydrogens is 713 g/mol. The summed E-state index contributed by atoms with van der Waals surface area (Å²) in [6, 6.07) is 47.4. The van der Waals surface area contributed by atoms with E-state index in [0.29, 0.717) is 12.8 Å². The number of thioether (sulfide) groups is 2. The molecule has 6 aromatic carbocycles. The fourth-order valence-electron chi connectivity index (χ4n) is 6.80. The fourth-order valence-corrected chi connectivity index (χ4v) is 9.26. The Morgan fingerprint density at radius 2 is 0.870 bits per heavy atom. The molecule has 0 N–H and O–H groups in total. The van der Waals surface area contributed by atoms with Gasteiger partial charge in [0.1, 0.15) is 0 Å². The molecule has 2 aliphatic rings. The molecule has 0 bridgehead atoms. The van der Waals surface area contributed by atoms with Gasteiger partial charge in [-0.05, 0) is 70.5 Å². The van der Waals surface area contributed by atoms with Crippen molar-refractivity contribution in [2.24, 2.45) is 9.98 Å². The minimum atomic E-state index is -0.364. The van der Waals surface area contributed by atoms with Crippen molar-refractivity contribution < 1.29 is 9.85 Å². The van der Waals surface area contributed by atoms with Crippen molar-refractivity contribution >= 4 is 57.7 Å². The van der Waals surface area contributed by atoms with E-state index >= 15 is 0 Å².